The molecule has 0 spiro atoms. The van der Waals surface area contributed by atoms with E-state index in [-0.39, 0.29) is 5.97 Å². The maximum absolute atomic E-state index is 10.7. The lowest BCUT2D eigenvalue weighted by molar-refractivity contribution is -0.671. The summed E-state index contributed by atoms with van der Waals surface area (Å²) in [5, 5.41) is 2.01. The van der Waals surface area contributed by atoms with Gasteiger partial charge in [0.1, 0.15) is 6.54 Å². The van der Waals surface area contributed by atoms with Gasteiger partial charge in [-0.15, -0.1) is 0 Å². The largest absolute Gasteiger partial charge is 0.469 e. The lowest BCUT2D eigenvalue weighted by Crippen LogP contribution is -2.82. The van der Waals surface area contributed by atoms with Crippen molar-refractivity contribution in [3.05, 3.63) is 24.2 Å². The van der Waals surface area contributed by atoms with Gasteiger partial charge in [-0.3, -0.25) is 4.79 Å². The molecule has 1 heterocycles. The van der Waals surface area contributed by atoms with Gasteiger partial charge in [0.25, 0.3) is 0 Å². The van der Waals surface area contributed by atoms with Crippen molar-refractivity contribution in [3.8, 4) is 0 Å². The van der Waals surface area contributed by atoms with Gasteiger partial charge in [-0.05, 0) is 12.1 Å². The van der Waals surface area contributed by atoms with Crippen LogP contribution in [0.3, 0.4) is 0 Å². The molecule has 0 atom stereocenters. The van der Waals surface area contributed by atoms with Crippen LogP contribution >= 0.6 is 0 Å². The number of hydrogen-bond donors (Lipinski definition) is 1. The summed E-state index contributed by atoms with van der Waals surface area (Å²) in [4.78, 5) is 10.7. The number of furan rings is 1. The third-order valence-corrected chi connectivity index (χ3v) is 1.71. The summed E-state index contributed by atoms with van der Waals surface area (Å²) in [7, 11) is 1.40. The fourth-order valence-electron chi connectivity index (χ4n) is 0.995. The lowest BCUT2D eigenvalue weighted by atomic mass is 10.4. The van der Waals surface area contributed by atoms with E-state index >= 15 is 0 Å². The van der Waals surface area contributed by atoms with Crippen molar-refractivity contribution in [2.75, 3.05) is 13.7 Å². The van der Waals surface area contributed by atoms with E-state index in [2.05, 4.69) is 4.74 Å². The number of methoxy groups -OCH3 is 1. The van der Waals surface area contributed by atoms with E-state index in [1.807, 2.05) is 17.4 Å². The second-order valence-electron chi connectivity index (χ2n) is 2.69. The number of quaternary nitrogens is 1. The first-order chi connectivity index (χ1) is 6.33. The number of carbonyl (C=O) groups excluding carboxylic acids is 1. The van der Waals surface area contributed by atoms with Crippen LogP contribution in [0.2, 0.25) is 0 Å². The second kappa shape index (κ2) is 5.37. The molecule has 1 aromatic rings. The molecule has 0 saturated heterocycles. The maximum atomic E-state index is 10.7. The van der Waals surface area contributed by atoms with Gasteiger partial charge in [-0.1, -0.05) is 0 Å². The van der Waals surface area contributed by atoms with E-state index in [4.69, 9.17) is 4.42 Å². The van der Waals surface area contributed by atoms with E-state index in [0.717, 1.165) is 18.8 Å². The molecular weight excluding hydrogens is 170 g/mol. The minimum atomic E-state index is -0.171. The topological polar surface area (TPSA) is 56.0 Å². The minimum Gasteiger partial charge on any atom is -0.469 e. The highest BCUT2D eigenvalue weighted by atomic mass is 16.5. The SMILES string of the molecule is COC(=O)CC[NH2+]Cc1ccco1. The third-order valence-electron chi connectivity index (χ3n) is 1.71. The lowest BCUT2D eigenvalue weighted by Gasteiger charge is -1.98. The fraction of sp³-hybridized carbons (Fsp3) is 0.444. The molecule has 1 rings (SSSR count). The highest BCUT2D eigenvalue weighted by Crippen LogP contribution is 1.95. The molecule has 13 heavy (non-hydrogen) atoms. The first-order valence-corrected chi connectivity index (χ1v) is 4.24. The van der Waals surface area contributed by atoms with Crippen LogP contribution in [-0.2, 0) is 16.1 Å². The highest BCUT2D eigenvalue weighted by Gasteiger charge is 2.02. The van der Waals surface area contributed by atoms with Crippen LogP contribution in [0.15, 0.2) is 22.8 Å². The van der Waals surface area contributed by atoms with E-state index in [0.29, 0.717) is 6.42 Å². The Morgan fingerprint density at radius 1 is 1.69 bits per heavy atom. The van der Waals surface area contributed by atoms with Crippen LogP contribution in [0.1, 0.15) is 12.2 Å². The summed E-state index contributed by atoms with van der Waals surface area (Å²) in [5.74, 6) is 0.751. The summed E-state index contributed by atoms with van der Waals surface area (Å²) in [5.41, 5.74) is 0. The van der Waals surface area contributed by atoms with Crippen molar-refractivity contribution in [3.63, 3.8) is 0 Å². The summed E-state index contributed by atoms with van der Waals surface area (Å²) in [6, 6.07) is 3.76. The molecule has 0 aliphatic rings. The Morgan fingerprint density at radius 3 is 3.15 bits per heavy atom. The molecule has 0 radical (unpaired) electrons. The molecule has 0 bridgehead atoms. The Bertz CT molecular complexity index is 243. The molecule has 72 valence electrons. The maximum Gasteiger partial charge on any atom is 0.311 e. The Labute approximate surface area is 76.9 Å². The Morgan fingerprint density at radius 2 is 2.54 bits per heavy atom. The average Bonchev–Trinajstić information content (AvgIpc) is 2.64. The first kappa shape index (κ1) is 9.80. The number of nitrogens with two attached hydrogens (primary N) is 1. The minimum absolute atomic E-state index is 0.171. The summed E-state index contributed by atoms with van der Waals surface area (Å²) >= 11 is 0. The molecule has 0 aromatic carbocycles. The number of ether oxygens (including phenoxy) is 1. The van der Waals surface area contributed by atoms with Crippen molar-refractivity contribution >= 4 is 5.97 Å². The standard InChI is InChI=1S/C9H13NO3/c1-12-9(11)4-5-10-7-8-3-2-6-13-8/h2-3,6,10H,4-5,7H2,1H3/p+1. The zero-order chi connectivity index (χ0) is 9.52. The molecule has 1 aromatic heterocycles. The van der Waals surface area contributed by atoms with Crippen molar-refractivity contribution in [2.45, 2.75) is 13.0 Å². The molecule has 0 saturated carbocycles. The smallest absolute Gasteiger partial charge is 0.311 e. The van der Waals surface area contributed by atoms with E-state index < -0.39 is 0 Å². The monoisotopic (exact) mass is 184 g/mol. The van der Waals surface area contributed by atoms with E-state index in [9.17, 15) is 4.79 Å². The van der Waals surface area contributed by atoms with Crippen molar-refractivity contribution < 1.29 is 19.3 Å². The fourth-order valence-corrected chi connectivity index (χ4v) is 0.995. The normalized spacial score (nSPS) is 9.92. The van der Waals surface area contributed by atoms with Crippen LogP contribution in [0.25, 0.3) is 0 Å². The van der Waals surface area contributed by atoms with Crippen LogP contribution in [0.5, 0.6) is 0 Å². The van der Waals surface area contributed by atoms with Gasteiger partial charge >= 0.3 is 5.97 Å². The number of hydrogen-bond acceptors (Lipinski definition) is 3. The van der Waals surface area contributed by atoms with Crippen LogP contribution in [0, 0.1) is 0 Å². The first-order valence-electron chi connectivity index (χ1n) is 4.24. The molecule has 2 N–H and O–H groups in total. The summed E-state index contributed by atoms with van der Waals surface area (Å²) in [6.07, 6.45) is 2.08. The van der Waals surface area contributed by atoms with Crippen LogP contribution < -0.4 is 5.32 Å². The van der Waals surface area contributed by atoms with E-state index in [1.54, 1.807) is 6.26 Å². The van der Waals surface area contributed by atoms with Crippen LogP contribution in [0.4, 0.5) is 0 Å². The molecule has 0 aliphatic carbocycles. The van der Waals surface area contributed by atoms with Gasteiger partial charge in [-0.25, -0.2) is 0 Å². The Hall–Kier alpha value is -1.29. The van der Waals surface area contributed by atoms with E-state index in [1.165, 1.54) is 7.11 Å². The Kier molecular flexibility index (Phi) is 4.05. The zero-order valence-electron chi connectivity index (χ0n) is 7.66. The predicted molar refractivity (Wildman–Crippen MR) is 45.8 cm³/mol. The average molecular weight is 184 g/mol. The van der Waals surface area contributed by atoms with Gasteiger partial charge in [0.05, 0.1) is 26.3 Å². The molecule has 0 fully saturated rings. The molecule has 4 heteroatoms. The van der Waals surface area contributed by atoms with Gasteiger partial charge < -0.3 is 14.5 Å². The highest BCUT2D eigenvalue weighted by molar-refractivity contribution is 5.69. The number of esters is 1. The quantitative estimate of drug-likeness (QED) is 0.514. The van der Waals surface area contributed by atoms with Gasteiger partial charge in [0.2, 0.25) is 0 Å². The molecule has 4 nitrogen and oxygen atoms in total. The Balaban J connectivity index is 2.05. The van der Waals surface area contributed by atoms with Crippen molar-refractivity contribution in [2.24, 2.45) is 0 Å². The number of rotatable bonds is 5. The van der Waals surface area contributed by atoms with Crippen molar-refractivity contribution in [1.29, 1.82) is 0 Å². The second-order valence-corrected chi connectivity index (χ2v) is 2.69. The zero-order valence-corrected chi connectivity index (χ0v) is 7.66. The molecule has 0 amide bonds. The third kappa shape index (κ3) is 3.75. The number of carbonyl (C=O) groups is 1. The molecular formula is C9H14NO3+. The molecule has 0 unspecified atom stereocenters. The van der Waals surface area contributed by atoms with Crippen molar-refractivity contribution in [1.82, 2.24) is 0 Å². The van der Waals surface area contributed by atoms with Crippen LogP contribution in [-0.4, -0.2) is 19.6 Å². The molecule has 0 aliphatic heterocycles. The van der Waals surface area contributed by atoms with Gasteiger partial charge in [-0.2, -0.15) is 0 Å². The predicted octanol–water partition coefficient (Wildman–Crippen LogP) is -0.0939. The van der Waals surface area contributed by atoms with Gasteiger partial charge in [0.15, 0.2) is 5.76 Å². The summed E-state index contributed by atoms with van der Waals surface area (Å²) in [6.45, 7) is 1.50. The summed E-state index contributed by atoms with van der Waals surface area (Å²) < 4.78 is 9.62. The van der Waals surface area contributed by atoms with Gasteiger partial charge in [0, 0.05) is 0 Å².